The van der Waals surface area contributed by atoms with Gasteiger partial charge < -0.3 is 9.84 Å². The van der Waals surface area contributed by atoms with Gasteiger partial charge in [0.1, 0.15) is 5.75 Å². The number of rotatable bonds is 3. The fraction of sp³-hybridized carbons (Fsp3) is 0.267. The minimum Gasteiger partial charge on any atom is -0.439 e. The van der Waals surface area contributed by atoms with E-state index in [1.54, 1.807) is 18.3 Å². The van der Waals surface area contributed by atoms with E-state index in [9.17, 15) is 0 Å². The molecule has 1 heterocycles. The van der Waals surface area contributed by atoms with E-state index in [0.717, 1.165) is 16.9 Å². The standard InChI is InChI=1S/C15H17NO2/c1-10-6-11(2)12(3)14(7-10)18-15-5-4-13(9-17)8-16-15/h4-8,17H,9H2,1-3H3. The van der Waals surface area contributed by atoms with Crippen LogP contribution in [-0.2, 0) is 6.61 Å². The highest BCUT2D eigenvalue weighted by molar-refractivity contribution is 5.43. The van der Waals surface area contributed by atoms with E-state index in [-0.39, 0.29) is 6.61 Å². The maximum atomic E-state index is 8.95. The normalized spacial score (nSPS) is 10.4. The number of pyridine rings is 1. The Kier molecular flexibility index (Phi) is 3.63. The second-order valence-corrected chi connectivity index (χ2v) is 4.47. The number of aliphatic hydroxyl groups excluding tert-OH is 1. The first-order valence-corrected chi connectivity index (χ1v) is 5.91. The maximum absolute atomic E-state index is 8.95. The first-order valence-electron chi connectivity index (χ1n) is 5.91. The highest BCUT2D eigenvalue weighted by atomic mass is 16.5. The summed E-state index contributed by atoms with van der Waals surface area (Å²) < 4.78 is 5.78. The van der Waals surface area contributed by atoms with Crippen LogP contribution in [0.3, 0.4) is 0 Å². The second kappa shape index (κ2) is 5.19. The zero-order chi connectivity index (χ0) is 13.1. The van der Waals surface area contributed by atoms with Crippen molar-refractivity contribution in [1.82, 2.24) is 4.98 Å². The monoisotopic (exact) mass is 243 g/mol. The molecule has 1 aromatic heterocycles. The summed E-state index contributed by atoms with van der Waals surface area (Å²) in [6.07, 6.45) is 1.62. The topological polar surface area (TPSA) is 42.4 Å². The molecule has 2 rings (SSSR count). The largest absolute Gasteiger partial charge is 0.439 e. The minimum atomic E-state index is -0.00411. The first-order chi connectivity index (χ1) is 8.60. The van der Waals surface area contributed by atoms with E-state index < -0.39 is 0 Å². The van der Waals surface area contributed by atoms with Gasteiger partial charge in [0, 0.05) is 12.3 Å². The van der Waals surface area contributed by atoms with Crippen molar-refractivity contribution < 1.29 is 9.84 Å². The predicted molar refractivity (Wildman–Crippen MR) is 70.9 cm³/mol. The third-order valence-corrected chi connectivity index (χ3v) is 2.96. The molecule has 18 heavy (non-hydrogen) atoms. The Morgan fingerprint density at radius 1 is 1.17 bits per heavy atom. The van der Waals surface area contributed by atoms with Crippen LogP contribution in [0.25, 0.3) is 0 Å². The van der Waals surface area contributed by atoms with Gasteiger partial charge in [-0.2, -0.15) is 0 Å². The molecule has 0 amide bonds. The molecule has 3 heteroatoms. The van der Waals surface area contributed by atoms with Gasteiger partial charge in [0.15, 0.2) is 0 Å². The number of nitrogens with zero attached hydrogens (tertiary/aromatic N) is 1. The van der Waals surface area contributed by atoms with E-state index in [1.807, 2.05) is 19.9 Å². The molecule has 0 saturated heterocycles. The number of aromatic nitrogens is 1. The number of hydrogen-bond acceptors (Lipinski definition) is 3. The summed E-state index contributed by atoms with van der Waals surface area (Å²) in [5.74, 6) is 1.37. The van der Waals surface area contributed by atoms with Crippen LogP contribution >= 0.6 is 0 Å². The number of hydrogen-bond donors (Lipinski definition) is 1. The molecule has 0 radical (unpaired) electrons. The molecule has 94 valence electrons. The molecule has 0 aliphatic heterocycles. The fourth-order valence-corrected chi connectivity index (χ4v) is 1.78. The van der Waals surface area contributed by atoms with E-state index in [1.165, 1.54) is 11.1 Å². The lowest BCUT2D eigenvalue weighted by Gasteiger charge is -2.11. The molecule has 1 aromatic carbocycles. The average molecular weight is 243 g/mol. The van der Waals surface area contributed by atoms with Crippen molar-refractivity contribution in [2.75, 3.05) is 0 Å². The van der Waals surface area contributed by atoms with Crippen LogP contribution in [0.4, 0.5) is 0 Å². The number of ether oxygens (including phenoxy) is 1. The van der Waals surface area contributed by atoms with Gasteiger partial charge in [-0.1, -0.05) is 6.07 Å². The van der Waals surface area contributed by atoms with Gasteiger partial charge in [-0.15, -0.1) is 0 Å². The minimum absolute atomic E-state index is 0.00411. The SMILES string of the molecule is Cc1cc(C)c(C)c(Oc2ccc(CO)cn2)c1. The number of aryl methyl sites for hydroxylation is 2. The average Bonchev–Trinajstić information content (AvgIpc) is 2.36. The van der Waals surface area contributed by atoms with Crippen LogP contribution in [0.2, 0.25) is 0 Å². The van der Waals surface area contributed by atoms with Crippen LogP contribution in [0, 0.1) is 20.8 Å². The van der Waals surface area contributed by atoms with Crippen molar-refractivity contribution in [3.8, 4) is 11.6 Å². The van der Waals surface area contributed by atoms with Crippen LogP contribution < -0.4 is 4.74 Å². The highest BCUT2D eigenvalue weighted by Crippen LogP contribution is 2.27. The van der Waals surface area contributed by atoms with Crippen LogP contribution in [0.15, 0.2) is 30.5 Å². The Morgan fingerprint density at radius 3 is 2.56 bits per heavy atom. The van der Waals surface area contributed by atoms with Gasteiger partial charge in [-0.25, -0.2) is 4.98 Å². The zero-order valence-corrected chi connectivity index (χ0v) is 10.9. The molecule has 0 fully saturated rings. The summed E-state index contributed by atoms with van der Waals surface area (Å²) >= 11 is 0. The summed E-state index contributed by atoms with van der Waals surface area (Å²) in [4.78, 5) is 4.16. The van der Waals surface area contributed by atoms with E-state index in [0.29, 0.717) is 5.88 Å². The Balaban J connectivity index is 2.27. The molecule has 1 N–H and O–H groups in total. The lowest BCUT2D eigenvalue weighted by Crippen LogP contribution is -1.94. The van der Waals surface area contributed by atoms with Crippen molar-refractivity contribution in [3.05, 3.63) is 52.7 Å². The third-order valence-electron chi connectivity index (χ3n) is 2.96. The maximum Gasteiger partial charge on any atom is 0.219 e. The molecule has 2 aromatic rings. The van der Waals surface area contributed by atoms with E-state index in [4.69, 9.17) is 9.84 Å². The van der Waals surface area contributed by atoms with Gasteiger partial charge in [-0.05, 0) is 55.2 Å². The first kappa shape index (κ1) is 12.6. The molecule has 3 nitrogen and oxygen atoms in total. The van der Waals surface area contributed by atoms with E-state index >= 15 is 0 Å². The molecule has 0 aliphatic rings. The molecular weight excluding hydrogens is 226 g/mol. The smallest absolute Gasteiger partial charge is 0.219 e. The summed E-state index contributed by atoms with van der Waals surface area (Å²) in [6.45, 7) is 6.14. The van der Waals surface area contributed by atoms with Gasteiger partial charge in [-0.3, -0.25) is 0 Å². The van der Waals surface area contributed by atoms with Crippen LogP contribution in [-0.4, -0.2) is 10.1 Å². The predicted octanol–water partition coefficient (Wildman–Crippen LogP) is 3.29. The van der Waals surface area contributed by atoms with Crippen molar-refractivity contribution in [2.24, 2.45) is 0 Å². The van der Waals surface area contributed by atoms with Crippen molar-refractivity contribution in [3.63, 3.8) is 0 Å². The molecular formula is C15H17NO2. The summed E-state index contributed by atoms with van der Waals surface area (Å²) in [7, 11) is 0. The summed E-state index contributed by atoms with van der Waals surface area (Å²) in [6, 6.07) is 7.71. The Bertz CT molecular complexity index is 547. The van der Waals surface area contributed by atoms with Crippen molar-refractivity contribution in [1.29, 1.82) is 0 Å². The highest BCUT2D eigenvalue weighted by Gasteiger charge is 2.06. The van der Waals surface area contributed by atoms with Gasteiger partial charge in [0.2, 0.25) is 5.88 Å². The third kappa shape index (κ3) is 2.68. The molecule has 0 aliphatic carbocycles. The van der Waals surface area contributed by atoms with Gasteiger partial charge >= 0.3 is 0 Å². The fourth-order valence-electron chi connectivity index (χ4n) is 1.78. The lowest BCUT2D eigenvalue weighted by atomic mass is 10.1. The Labute approximate surface area is 107 Å². The Morgan fingerprint density at radius 2 is 1.94 bits per heavy atom. The van der Waals surface area contributed by atoms with E-state index in [2.05, 4.69) is 18.0 Å². The number of benzene rings is 1. The number of aliphatic hydroxyl groups is 1. The summed E-state index contributed by atoms with van der Waals surface area (Å²) in [5.41, 5.74) is 4.27. The lowest BCUT2D eigenvalue weighted by molar-refractivity contribution is 0.281. The zero-order valence-electron chi connectivity index (χ0n) is 10.9. The molecule has 0 spiro atoms. The van der Waals surface area contributed by atoms with Crippen LogP contribution in [0.1, 0.15) is 22.3 Å². The van der Waals surface area contributed by atoms with Gasteiger partial charge in [0.05, 0.1) is 6.61 Å². The molecule has 0 bridgehead atoms. The second-order valence-electron chi connectivity index (χ2n) is 4.47. The molecule has 0 saturated carbocycles. The molecule has 0 unspecified atom stereocenters. The van der Waals surface area contributed by atoms with Crippen molar-refractivity contribution in [2.45, 2.75) is 27.4 Å². The van der Waals surface area contributed by atoms with Gasteiger partial charge in [0.25, 0.3) is 0 Å². The summed E-state index contributed by atoms with van der Waals surface area (Å²) in [5, 5.41) is 8.95. The van der Waals surface area contributed by atoms with Crippen LogP contribution in [0.5, 0.6) is 11.6 Å². The quantitative estimate of drug-likeness (QED) is 0.899. The van der Waals surface area contributed by atoms with Crippen molar-refractivity contribution >= 4 is 0 Å². The molecule has 0 atom stereocenters. The Hall–Kier alpha value is -1.87.